The van der Waals surface area contributed by atoms with Gasteiger partial charge in [0.1, 0.15) is 12.2 Å². The Labute approximate surface area is 92.9 Å². The van der Waals surface area contributed by atoms with Crippen LogP contribution in [0.2, 0.25) is 0 Å². The van der Waals surface area contributed by atoms with Crippen molar-refractivity contribution < 1.29 is 4.79 Å². The lowest BCUT2D eigenvalue weighted by molar-refractivity contribution is 0.0954. The fourth-order valence-electron chi connectivity index (χ4n) is 1.34. The Hall–Kier alpha value is -2.17. The standard InChI is InChI=1S/C11H12N4O/c16-11(9-4-2-1-3-5-9)12-7-6-10-13-8-14-15-10/h1-5,8H,6-7H2,(H,12,16)(H,13,14,15). The Morgan fingerprint density at radius 2 is 2.12 bits per heavy atom. The van der Waals surface area contributed by atoms with E-state index in [1.54, 1.807) is 12.1 Å². The van der Waals surface area contributed by atoms with Crippen LogP contribution in [-0.4, -0.2) is 27.6 Å². The Balaban J connectivity index is 1.81. The zero-order valence-electron chi connectivity index (χ0n) is 8.68. The predicted octanol–water partition coefficient (Wildman–Crippen LogP) is 0.777. The second-order valence-corrected chi connectivity index (χ2v) is 3.30. The smallest absolute Gasteiger partial charge is 0.251 e. The molecule has 1 aromatic carbocycles. The lowest BCUT2D eigenvalue weighted by Crippen LogP contribution is -2.25. The number of H-pyrrole nitrogens is 1. The van der Waals surface area contributed by atoms with Gasteiger partial charge in [0.05, 0.1) is 0 Å². The lowest BCUT2D eigenvalue weighted by atomic mass is 10.2. The van der Waals surface area contributed by atoms with E-state index in [0.717, 1.165) is 5.82 Å². The third-order valence-corrected chi connectivity index (χ3v) is 2.15. The van der Waals surface area contributed by atoms with E-state index in [1.807, 2.05) is 18.2 Å². The van der Waals surface area contributed by atoms with E-state index in [1.165, 1.54) is 6.33 Å². The molecule has 0 aliphatic heterocycles. The molecular formula is C11H12N4O. The van der Waals surface area contributed by atoms with Gasteiger partial charge in [-0.3, -0.25) is 9.89 Å². The van der Waals surface area contributed by atoms with Crippen molar-refractivity contribution in [3.8, 4) is 0 Å². The fourth-order valence-corrected chi connectivity index (χ4v) is 1.34. The second-order valence-electron chi connectivity index (χ2n) is 3.30. The lowest BCUT2D eigenvalue weighted by Gasteiger charge is -2.03. The average molecular weight is 216 g/mol. The SMILES string of the molecule is O=C(NCCc1ncn[nH]1)c1ccccc1. The van der Waals surface area contributed by atoms with Gasteiger partial charge in [-0.1, -0.05) is 18.2 Å². The first-order valence-corrected chi connectivity index (χ1v) is 5.04. The number of hydrogen-bond acceptors (Lipinski definition) is 3. The van der Waals surface area contributed by atoms with Gasteiger partial charge in [0.25, 0.3) is 5.91 Å². The van der Waals surface area contributed by atoms with Crippen LogP contribution < -0.4 is 5.32 Å². The normalized spacial score (nSPS) is 10.0. The summed E-state index contributed by atoms with van der Waals surface area (Å²) in [4.78, 5) is 15.6. The first-order chi connectivity index (χ1) is 7.86. The van der Waals surface area contributed by atoms with Crippen LogP contribution in [0.15, 0.2) is 36.7 Å². The van der Waals surface area contributed by atoms with Crippen LogP contribution in [0.4, 0.5) is 0 Å². The van der Waals surface area contributed by atoms with Crippen molar-refractivity contribution >= 4 is 5.91 Å². The average Bonchev–Trinajstić information content (AvgIpc) is 2.83. The number of aromatic nitrogens is 3. The Bertz CT molecular complexity index is 438. The first-order valence-electron chi connectivity index (χ1n) is 5.04. The molecule has 0 radical (unpaired) electrons. The van der Waals surface area contributed by atoms with E-state index in [9.17, 15) is 4.79 Å². The van der Waals surface area contributed by atoms with Crippen LogP contribution in [0.1, 0.15) is 16.2 Å². The molecule has 5 nitrogen and oxygen atoms in total. The monoisotopic (exact) mass is 216 g/mol. The molecule has 1 aromatic heterocycles. The van der Waals surface area contributed by atoms with Gasteiger partial charge in [-0.2, -0.15) is 5.10 Å². The summed E-state index contributed by atoms with van der Waals surface area (Å²) >= 11 is 0. The zero-order chi connectivity index (χ0) is 11.2. The number of benzene rings is 1. The van der Waals surface area contributed by atoms with E-state index in [-0.39, 0.29) is 5.91 Å². The molecule has 1 heterocycles. The molecule has 16 heavy (non-hydrogen) atoms. The minimum Gasteiger partial charge on any atom is -0.352 e. The molecule has 2 N–H and O–H groups in total. The summed E-state index contributed by atoms with van der Waals surface area (Å²) in [6, 6.07) is 9.12. The molecule has 1 amide bonds. The summed E-state index contributed by atoms with van der Waals surface area (Å²) < 4.78 is 0. The highest BCUT2D eigenvalue weighted by molar-refractivity contribution is 5.94. The number of hydrogen-bond donors (Lipinski definition) is 2. The Morgan fingerprint density at radius 1 is 1.31 bits per heavy atom. The van der Waals surface area contributed by atoms with Crippen molar-refractivity contribution in [3.05, 3.63) is 48.0 Å². The van der Waals surface area contributed by atoms with Crippen LogP contribution in [0.25, 0.3) is 0 Å². The molecule has 5 heteroatoms. The highest BCUT2D eigenvalue weighted by Gasteiger charge is 2.03. The van der Waals surface area contributed by atoms with Gasteiger partial charge in [0, 0.05) is 18.5 Å². The van der Waals surface area contributed by atoms with E-state index in [4.69, 9.17) is 0 Å². The van der Waals surface area contributed by atoms with E-state index >= 15 is 0 Å². The van der Waals surface area contributed by atoms with E-state index < -0.39 is 0 Å². The summed E-state index contributed by atoms with van der Waals surface area (Å²) in [5.41, 5.74) is 0.667. The van der Waals surface area contributed by atoms with Gasteiger partial charge >= 0.3 is 0 Å². The zero-order valence-corrected chi connectivity index (χ0v) is 8.68. The topological polar surface area (TPSA) is 70.7 Å². The molecule has 0 saturated carbocycles. The first kappa shape index (κ1) is 10.4. The number of nitrogens with zero attached hydrogens (tertiary/aromatic N) is 2. The molecule has 0 saturated heterocycles. The highest BCUT2D eigenvalue weighted by Crippen LogP contribution is 1.97. The number of rotatable bonds is 4. The van der Waals surface area contributed by atoms with Gasteiger partial charge < -0.3 is 5.32 Å². The number of nitrogens with one attached hydrogen (secondary N) is 2. The fraction of sp³-hybridized carbons (Fsp3) is 0.182. The summed E-state index contributed by atoms with van der Waals surface area (Å²) in [6.07, 6.45) is 2.10. The van der Waals surface area contributed by atoms with Crippen molar-refractivity contribution in [2.75, 3.05) is 6.54 Å². The van der Waals surface area contributed by atoms with Crippen molar-refractivity contribution in [2.24, 2.45) is 0 Å². The molecule has 0 fully saturated rings. The molecule has 0 bridgehead atoms. The maximum atomic E-state index is 11.6. The number of carbonyl (C=O) groups is 1. The van der Waals surface area contributed by atoms with Crippen LogP contribution in [0, 0.1) is 0 Å². The molecule has 0 unspecified atom stereocenters. The quantitative estimate of drug-likeness (QED) is 0.793. The Kier molecular flexibility index (Phi) is 3.28. The summed E-state index contributed by atoms with van der Waals surface area (Å²) in [7, 11) is 0. The summed E-state index contributed by atoms with van der Waals surface area (Å²) in [5, 5.41) is 9.28. The van der Waals surface area contributed by atoms with Crippen molar-refractivity contribution in [3.63, 3.8) is 0 Å². The van der Waals surface area contributed by atoms with Gasteiger partial charge in [-0.05, 0) is 12.1 Å². The minimum atomic E-state index is -0.0693. The third kappa shape index (κ3) is 2.66. The number of carbonyl (C=O) groups excluding carboxylic acids is 1. The third-order valence-electron chi connectivity index (χ3n) is 2.15. The van der Waals surface area contributed by atoms with Crippen molar-refractivity contribution in [2.45, 2.75) is 6.42 Å². The molecule has 0 atom stereocenters. The number of aromatic amines is 1. The highest BCUT2D eigenvalue weighted by atomic mass is 16.1. The van der Waals surface area contributed by atoms with Crippen molar-refractivity contribution in [1.82, 2.24) is 20.5 Å². The van der Waals surface area contributed by atoms with E-state index in [0.29, 0.717) is 18.5 Å². The Morgan fingerprint density at radius 3 is 2.81 bits per heavy atom. The maximum Gasteiger partial charge on any atom is 0.251 e. The summed E-state index contributed by atoms with van der Waals surface area (Å²) in [5.74, 6) is 0.702. The van der Waals surface area contributed by atoms with Gasteiger partial charge in [0.2, 0.25) is 0 Å². The molecule has 82 valence electrons. The minimum absolute atomic E-state index is 0.0693. The molecule has 2 aromatic rings. The predicted molar refractivity (Wildman–Crippen MR) is 58.9 cm³/mol. The van der Waals surface area contributed by atoms with E-state index in [2.05, 4.69) is 20.5 Å². The molecule has 0 aliphatic rings. The molecular weight excluding hydrogens is 204 g/mol. The molecule has 0 aliphatic carbocycles. The second kappa shape index (κ2) is 5.06. The van der Waals surface area contributed by atoms with Crippen LogP contribution in [0.3, 0.4) is 0 Å². The van der Waals surface area contributed by atoms with Crippen LogP contribution >= 0.6 is 0 Å². The number of amides is 1. The molecule has 0 spiro atoms. The van der Waals surface area contributed by atoms with Gasteiger partial charge in [0.15, 0.2) is 0 Å². The largest absolute Gasteiger partial charge is 0.352 e. The van der Waals surface area contributed by atoms with Gasteiger partial charge in [-0.15, -0.1) is 0 Å². The maximum absolute atomic E-state index is 11.6. The van der Waals surface area contributed by atoms with Crippen LogP contribution in [0.5, 0.6) is 0 Å². The van der Waals surface area contributed by atoms with Crippen LogP contribution in [-0.2, 0) is 6.42 Å². The summed E-state index contributed by atoms with van der Waals surface area (Å²) in [6.45, 7) is 0.545. The van der Waals surface area contributed by atoms with Gasteiger partial charge in [-0.25, -0.2) is 4.98 Å². The van der Waals surface area contributed by atoms with Crippen molar-refractivity contribution in [1.29, 1.82) is 0 Å². The molecule has 2 rings (SSSR count).